The van der Waals surface area contributed by atoms with E-state index >= 15 is 0 Å². The molecule has 0 radical (unpaired) electrons. The first-order chi connectivity index (χ1) is 10.0. The lowest BCUT2D eigenvalue weighted by Gasteiger charge is -2.05. The molecule has 0 unspecified atom stereocenters. The summed E-state index contributed by atoms with van der Waals surface area (Å²) in [4.78, 5) is 8.67. The smallest absolute Gasteiger partial charge is 0.159 e. The summed E-state index contributed by atoms with van der Waals surface area (Å²) in [5.41, 5.74) is 10.1. The lowest BCUT2D eigenvalue weighted by molar-refractivity contribution is 0.833. The minimum absolute atomic E-state index is 0.559. The molecule has 0 aliphatic heterocycles. The molecule has 106 valence electrons. The summed E-state index contributed by atoms with van der Waals surface area (Å²) >= 11 is 0. The number of benzene rings is 1. The largest absolute Gasteiger partial charge is 0.384 e. The Morgan fingerprint density at radius 2 is 1.81 bits per heavy atom. The summed E-state index contributed by atoms with van der Waals surface area (Å²) in [5.74, 6) is 1.96. The fraction of sp³-hybridized carbons (Fsp3) is 0.188. The summed E-state index contributed by atoms with van der Waals surface area (Å²) in [6, 6.07) is 11.9. The van der Waals surface area contributed by atoms with E-state index in [9.17, 15) is 0 Å². The number of aromatic nitrogens is 4. The van der Waals surface area contributed by atoms with E-state index in [1.54, 1.807) is 4.68 Å². The molecule has 3 aromatic rings. The summed E-state index contributed by atoms with van der Waals surface area (Å²) in [7, 11) is 0. The average Bonchev–Trinajstić information content (AvgIpc) is 2.80. The Morgan fingerprint density at radius 1 is 1.00 bits per heavy atom. The van der Waals surface area contributed by atoms with Gasteiger partial charge in [-0.25, -0.2) is 9.97 Å². The molecule has 2 N–H and O–H groups in total. The highest BCUT2D eigenvalue weighted by atomic mass is 15.3. The maximum Gasteiger partial charge on any atom is 0.159 e. The Morgan fingerprint density at radius 3 is 2.52 bits per heavy atom. The molecule has 0 aliphatic carbocycles. The highest BCUT2D eigenvalue weighted by Gasteiger charge is 2.11. The quantitative estimate of drug-likeness (QED) is 0.783. The van der Waals surface area contributed by atoms with Crippen LogP contribution >= 0.6 is 0 Å². The molecule has 0 saturated carbocycles. The molecule has 0 aliphatic rings. The first-order valence-corrected chi connectivity index (χ1v) is 6.78. The molecule has 2 heterocycles. The molecule has 0 spiro atoms. The van der Waals surface area contributed by atoms with Gasteiger partial charge < -0.3 is 5.73 Å². The molecule has 3 rings (SSSR count). The zero-order valence-corrected chi connectivity index (χ0v) is 12.3. The van der Waals surface area contributed by atoms with Gasteiger partial charge in [-0.2, -0.15) is 9.78 Å². The average molecular weight is 279 g/mol. The fourth-order valence-electron chi connectivity index (χ4n) is 2.33. The van der Waals surface area contributed by atoms with Crippen molar-refractivity contribution in [2.24, 2.45) is 0 Å². The molecule has 0 fully saturated rings. The normalized spacial score (nSPS) is 10.8. The molecule has 21 heavy (non-hydrogen) atoms. The Labute approximate surface area is 123 Å². The van der Waals surface area contributed by atoms with Crippen LogP contribution in [-0.2, 0) is 0 Å². The number of hydrogen-bond acceptors (Lipinski definition) is 4. The third kappa shape index (κ3) is 2.63. The van der Waals surface area contributed by atoms with E-state index in [1.807, 2.05) is 38.1 Å². The summed E-state index contributed by atoms with van der Waals surface area (Å²) in [6.45, 7) is 5.85. The molecule has 0 bridgehead atoms. The van der Waals surface area contributed by atoms with Gasteiger partial charge in [0.1, 0.15) is 11.6 Å². The van der Waals surface area contributed by atoms with Crippen LogP contribution in [0.1, 0.15) is 17.1 Å². The molecular formula is C16H17N5. The Kier molecular flexibility index (Phi) is 3.17. The van der Waals surface area contributed by atoms with Crippen LogP contribution < -0.4 is 5.73 Å². The third-order valence-electron chi connectivity index (χ3n) is 3.22. The van der Waals surface area contributed by atoms with E-state index in [4.69, 9.17) is 5.73 Å². The van der Waals surface area contributed by atoms with Crippen molar-refractivity contribution in [2.45, 2.75) is 20.8 Å². The van der Waals surface area contributed by atoms with Crippen LogP contribution in [0.25, 0.3) is 17.1 Å². The molecular weight excluding hydrogens is 262 g/mol. The van der Waals surface area contributed by atoms with Crippen molar-refractivity contribution in [3.8, 4) is 17.1 Å². The van der Waals surface area contributed by atoms with E-state index in [-0.39, 0.29) is 0 Å². The lowest BCUT2D eigenvalue weighted by Crippen LogP contribution is -2.06. The van der Waals surface area contributed by atoms with E-state index in [0.29, 0.717) is 17.5 Å². The molecule has 1 aromatic carbocycles. The van der Waals surface area contributed by atoms with Crippen LogP contribution in [0.5, 0.6) is 0 Å². The van der Waals surface area contributed by atoms with Gasteiger partial charge in [0.2, 0.25) is 0 Å². The van der Waals surface area contributed by atoms with Crippen LogP contribution in [-0.4, -0.2) is 19.7 Å². The minimum Gasteiger partial charge on any atom is -0.384 e. The van der Waals surface area contributed by atoms with Crippen molar-refractivity contribution in [3.63, 3.8) is 0 Å². The number of nitrogen functional groups attached to an aromatic ring is 1. The third-order valence-corrected chi connectivity index (χ3v) is 3.22. The van der Waals surface area contributed by atoms with E-state index in [2.05, 4.69) is 34.1 Å². The second-order valence-electron chi connectivity index (χ2n) is 5.15. The second-order valence-corrected chi connectivity index (χ2v) is 5.15. The van der Waals surface area contributed by atoms with E-state index in [0.717, 1.165) is 17.0 Å². The number of nitrogens with two attached hydrogens (primary N) is 1. The van der Waals surface area contributed by atoms with Crippen LogP contribution in [0.3, 0.4) is 0 Å². The zero-order chi connectivity index (χ0) is 15.0. The fourth-order valence-corrected chi connectivity index (χ4v) is 2.33. The van der Waals surface area contributed by atoms with Crippen molar-refractivity contribution in [2.75, 3.05) is 5.73 Å². The molecule has 0 atom stereocenters. The lowest BCUT2D eigenvalue weighted by atomic mass is 10.1. The maximum atomic E-state index is 6.09. The van der Waals surface area contributed by atoms with Crippen LogP contribution in [0.15, 0.2) is 36.4 Å². The number of hydrogen-bond donors (Lipinski definition) is 1. The summed E-state index contributed by atoms with van der Waals surface area (Å²) < 4.78 is 1.65. The van der Waals surface area contributed by atoms with Gasteiger partial charge in [0, 0.05) is 23.4 Å². The van der Waals surface area contributed by atoms with Gasteiger partial charge in [-0.1, -0.05) is 23.8 Å². The number of rotatable bonds is 2. The Hall–Kier alpha value is -2.69. The monoisotopic (exact) mass is 279 g/mol. The SMILES string of the molecule is Cc1cccc(-c2cc(N)n(-c3cc(C)nc(C)n3)n2)c1. The van der Waals surface area contributed by atoms with Gasteiger partial charge in [0.25, 0.3) is 0 Å². The number of anilines is 1. The van der Waals surface area contributed by atoms with Crippen LogP contribution in [0.2, 0.25) is 0 Å². The summed E-state index contributed by atoms with van der Waals surface area (Å²) in [5, 5.41) is 4.57. The topological polar surface area (TPSA) is 69.6 Å². The number of nitrogens with zero attached hydrogens (tertiary/aromatic N) is 4. The van der Waals surface area contributed by atoms with Gasteiger partial charge in [-0.15, -0.1) is 0 Å². The predicted molar refractivity (Wildman–Crippen MR) is 83.2 cm³/mol. The van der Waals surface area contributed by atoms with Gasteiger partial charge in [0.05, 0.1) is 5.69 Å². The molecule has 5 heteroatoms. The van der Waals surface area contributed by atoms with Crippen LogP contribution in [0.4, 0.5) is 5.82 Å². The highest BCUT2D eigenvalue weighted by molar-refractivity contribution is 5.64. The minimum atomic E-state index is 0.559. The van der Waals surface area contributed by atoms with Gasteiger partial charge in [-0.3, -0.25) is 0 Å². The first kappa shape index (κ1) is 13.3. The van der Waals surface area contributed by atoms with Crippen molar-refractivity contribution < 1.29 is 0 Å². The Balaban J connectivity index is 2.09. The zero-order valence-electron chi connectivity index (χ0n) is 12.3. The summed E-state index contributed by atoms with van der Waals surface area (Å²) in [6.07, 6.45) is 0. The first-order valence-electron chi connectivity index (χ1n) is 6.78. The van der Waals surface area contributed by atoms with Gasteiger partial charge in [-0.05, 0) is 26.8 Å². The number of aryl methyl sites for hydroxylation is 3. The second kappa shape index (κ2) is 5.01. The van der Waals surface area contributed by atoms with Crippen molar-refractivity contribution >= 4 is 5.82 Å². The van der Waals surface area contributed by atoms with Crippen molar-refractivity contribution in [1.29, 1.82) is 0 Å². The van der Waals surface area contributed by atoms with Crippen molar-refractivity contribution in [3.05, 3.63) is 53.5 Å². The maximum absolute atomic E-state index is 6.09. The standard InChI is InChI=1S/C16H17N5/c1-10-5-4-6-13(7-10)14-9-15(17)21(20-14)16-8-11(2)18-12(3)19-16/h4-9H,17H2,1-3H3. The molecule has 0 saturated heterocycles. The van der Waals surface area contributed by atoms with E-state index < -0.39 is 0 Å². The van der Waals surface area contributed by atoms with Crippen LogP contribution in [0, 0.1) is 20.8 Å². The van der Waals surface area contributed by atoms with Gasteiger partial charge in [0.15, 0.2) is 5.82 Å². The highest BCUT2D eigenvalue weighted by Crippen LogP contribution is 2.23. The van der Waals surface area contributed by atoms with E-state index in [1.165, 1.54) is 5.56 Å². The van der Waals surface area contributed by atoms with Crippen molar-refractivity contribution in [1.82, 2.24) is 19.7 Å². The Bertz CT molecular complexity index is 784. The molecule has 2 aromatic heterocycles. The predicted octanol–water partition coefficient (Wildman–Crippen LogP) is 2.84. The van der Waals surface area contributed by atoms with Gasteiger partial charge >= 0.3 is 0 Å². The molecule has 5 nitrogen and oxygen atoms in total. The molecule has 0 amide bonds.